The maximum atomic E-state index is 11.6. The van der Waals surface area contributed by atoms with Gasteiger partial charge in [-0.3, -0.25) is 9.59 Å². The third-order valence-electron chi connectivity index (χ3n) is 2.63. The smallest absolute Gasteiger partial charge is 0.239 e. The van der Waals surface area contributed by atoms with E-state index in [0.29, 0.717) is 13.0 Å². The maximum absolute atomic E-state index is 11.6. The van der Waals surface area contributed by atoms with Crippen LogP contribution in [0.2, 0.25) is 0 Å². The fourth-order valence-electron chi connectivity index (χ4n) is 1.66. The summed E-state index contributed by atoms with van der Waals surface area (Å²) in [4.78, 5) is 24.4. The van der Waals surface area contributed by atoms with Crippen molar-refractivity contribution in [3.05, 3.63) is 0 Å². The summed E-state index contributed by atoms with van der Waals surface area (Å²) in [5, 5.41) is 5.67. The Morgan fingerprint density at radius 2 is 2.40 bits per heavy atom. The van der Waals surface area contributed by atoms with Gasteiger partial charge in [0.05, 0.1) is 6.04 Å². The summed E-state index contributed by atoms with van der Waals surface area (Å²) in [7, 11) is 1.63. The summed E-state index contributed by atoms with van der Waals surface area (Å²) in [5.74, 6) is 0.170. The highest BCUT2D eigenvalue weighted by Crippen LogP contribution is 2.03. The Bertz CT molecular complexity index is 243. The third-order valence-corrected chi connectivity index (χ3v) is 2.63. The molecule has 1 unspecified atom stereocenters. The predicted molar refractivity (Wildman–Crippen MR) is 57.3 cm³/mol. The normalized spacial score (nSPS) is 21.6. The summed E-state index contributed by atoms with van der Waals surface area (Å²) in [5.41, 5.74) is 0. The van der Waals surface area contributed by atoms with Gasteiger partial charge in [0.15, 0.2) is 0 Å². The highest BCUT2D eigenvalue weighted by atomic mass is 16.2. The standard InChI is InChI=1S/C10H19N3O2/c1-8-10(15)13(7-5-12-8)6-3-4-9(14)11-2/h8,12H,3-7H2,1-2H3,(H,11,14). The van der Waals surface area contributed by atoms with Crippen LogP contribution in [0, 0.1) is 0 Å². The molecule has 1 heterocycles. The lowest BCUT2D eigenvalue weighted by atomic mass is 10.2. The van der Waals surface area contributed by atoms with Crippen molar-refractivity contribution >= 4 is 11.8 Å². The van der Waals surface area contributed by atoms with E-state index in [1.165, 1.54) is 0 Å². The zero-order chi connectivity index (χ0) is 11.3. The average molecular weight is 213 g/mol. The van der Waals surface area contributed by atoms with Crippen LogP contribution in [0.1, 0.15) is 19.8 Å². The molecule has 5 heteroatoms. The van der Waals surface area contributed by atoms with E-state index in [-0.39, 0.29) is 17.9 Å². The first-order chi connectivity index (χ1) is 7.15. The van der Waals surface area contributed by atoms with E-state index in [1.807, 2.05) is 11.8 Å². The van der Waals surface area contributed by atoms with Crippen LogP contribution < -0.4 is 10.6 Å². The van der Waals surface area contributed by atoms with E-state index in [2.05, 4.69) is 10.6 Å². The number of nitrogens with zero attached hydrogens (tertiary/aromatic N) is 1. The molecular formula is C10H19N3O2. The molecule has 1 aliphatic heterocycles. The monoisotopic (exact) mass is 213 g/mol. The molecule has 1 saturated heterocycles. The summed E-state index contributed by atoms with van der Waals surface area (Å²) in [6.45, 7) is 4.13. The van der Waals surface area contributed by atoms with Gasteiger partial charge in [-0.1, -0.05) is 0 Å². The molecule has 2 N–H and O–H groups in total. The number of amides is 2. The summed E-state index contributed by atoms with van der Waals surface area (Å²) >= 11 is 0. The van der Waals surface area contributed by atoms with Crippen LogP contribution >= 0.6 is 0 Å². The van der Waals surface area contributed by atoms with E-state index in [4.69, 9.17) is 0 Å². The van der Waals surface area contributed by atoms with E-state index in [0.717, 1.165) is 19.5 Å². The van der Waals surface area contributed by atoms with Crippen molar-refractivity contribution in [2.24, 2.45) is 0 Å². The molecule has 0 saturated carbocycles. The molecule has 0 aromatic heterocycles. The Hall–Kier alpha value is -1.10. The second-order valence-electron chi connectivity index (χ2n) is 3.78. The van der Waals surface area contributed by atoms with E-state index in [1.54, 1.807) is 7.05 Å². The van der Waals surface area contributed by atoms with Crippen LogP contribution in [-0.2, 0) is 9.59 Å². The topological polar surface area (TPSA) is 61.4 Å². The minimum absolute atomic E-state index is 0.0330. The van der Waals surface area contributed by atoms with Gasteiger partial charge in [-0.2, -0.15) is 0 Å². The van der Waals surface area contributed by atoms with Gasteiger partial charge < -0.3 is 15.5 Å². The van der Waals surface area contributed by atoms with Gasteiger partial charge in [0.1, 0.15) is 0 Å². The zero-order valence-corrected chi connectivity index (χ0v) is 9.38. The fraction of sp³-hybridized carbons (Fsp3) is 0.800. The number of carbonyl (C=O) groups excluding carboxylic acids is 2. The van der Waals surface area contributed by atoms with Crippen molar-refractivity contribution in [3.8, 4) is 0 Å². The maximum Gasteiger partial charge on any atom is 0.239 e. The van der Waals surface area contributed by atoms with Crippen molar-refractivity contribution in [1.29, 1.82) is 0 Å². The van der Waals surface area contributed by atoms with Gasteiger partial charge in [0.2, 0.25) is 11.8 Å². The number of hydrogen-bond donors (Lipinski definition) is 2. The van der Waals surface area contributed by atoms with E-state index < -0.39 is 0 Å². The third kappa shape index (κ3) is 3.51. The van der Waals surface area contributed by atoms with Crippen LogP contribution in [0.5, 0.6) is 0 Å². The number of hydrogen-bond acceptors (Lipinski definition) is 3. The highest BCUT2D eigenvalue weighted by molar-refractivity contribution is 5.82. The molecule has 0 aromatic carbocycles. The largest absolute Gasteiger partial charge is 0.359 e. The Kier molecular flexibility index (Phi) is 4.55. The highest BCUT2D eigenvalue weighted by Gasteiger charge is 2.23. The first-order valence-corrected chi connectivity index (χ1v) is 5.38. The van der Waals surface area contributed by atoms with E-state index >= 15 is 0 Å². The predicted octanol–water partition coefficient (Wildman–Crippen LogP) is -0.667. The van der Waals surface area contributed by atoms with Crippen molar-refractivity contribution < 1.29 is 9.59 Å². The Balaban J connectivity index is 2.25. The summed E-state index contributed by atoms with van der Waals surface area (Å²) in [6, 6.07) is -0.0845. The van der Waals surface area contributed by atoms with Gasteiger partial charge in [-0.25, -0.2) is 0 Å². The molecule has 0 aliphatic carbocycles. The number of nitrogens with one attached hydrogen (secondary N) is 2. The van der Waals surface area contributed by atoms with Gasteiger partial charge in [0.25, 0.3) is 0 Å². The van der Waals surface area contributed by atoms with Gasteiger partial charge in [-0.15, -0.1) is 0 Å². The SMILES string of the molecule is CNC(=O)CCCN1CCNC(C)C1=O. The molecular weight excluding hydrogens is 194 g/mol. The van der Waals surface area contributed by atoms with Crippen LogP contribution in [0.25, 0.3) is 0 Å². The van der Waals surface area contributed by atoms with Crippen molar-refractivity contribution in [3.63, 3.8) is 0 Å². The molecule has 2 amide bonds. The second-order valence-corrected chi connectivity index (χ2v) is 3.78. The Labute approximate surface area is 90.2 Å². The molecule has 0 radical (unpaired) electrons. The number of carbonyl (C=O) groups is 2. The minimum Gasteiger partial charge on any atom is -0.359 e. The first-order valence-electron chi connectivity index (χ1n) is 5.38. The molecule has 1 rings (SSSR count). The van der Waals surface area contributed by atoms with Crippen molar-refractivity contribution in [2.75, 3.05) is 26.7 Å². The van der Waals surface area contributed by atoms with Gasteiger partial charge >= 0.3 is 0 Å². The average Bonchev–Trinajstić information content (AvgIpc) is 2.24. The van der Waals surface area contributed by atoms with Crippen LogP contribution in [-0.4, -0.2) is 49.4 Å². The molecule has 1 aliphatic rings. The summed E-state index contributed by atoms with van der Waals surface area (Å²) < 4.78 is 0. The molecule has 1 atom stereocenters. The lowest BCUT2D eigenvalue weighted by molar-refractivity contribution is -0.135. The second kappa shape index (κ2) is 5.70. The molecule has 0 aromatic rings. The van der Waals surface area contributed by atoms with Crippen LogP contribution in [0.3, 0.4) is 0 Å². The van der Waals surface area contributed by atoms with Gasteiger partial charge in [-0.05, 0) is 13.3 Å². The van der Waals surface area contributed by atoms with Crippen LogP contribution in [0.4, 0.5) is 0 Å². The molecule has 86 valence electrons. The van der Waals surface area contributed by atoms with Crippen molar-refractivity contribution in [1.82, 2.24) is 15.5 Å². The minimum atomic E-state index is -0.0845. The molecule has 0 bridgehead atoms. The fourth-order valence-corrected chi connectivity index (χ4v) is 1.66. The summed E-state index contributed by atoms with van der Waals surface area (Å²) in [6.07, 6.45) is 1.22. The molecule has 15 heavy (non-hydrogen) atoms. The number of rotatable bonds is 4. The number of piperazine rings is 1. The van der Waals surface area contributed by atoms with Crippen LogP contribution in [0.15, 0.2) is 0 Å². The van der Waals surface area contributed by atoms with E-state index in [9.17, 15) is 9.59 Å². The lowest BCUT2D eigenvalue weighted by Crippen LogP contribution is -2.53. The Morgan fingerprint density at radius 1 is 1.67 bits per heavy atom. The van der Waals surface area contributed by atoms with Gasteiger partial charge in [0, 0.05) is 33.1 Å². The quantitative estimate of drug-likeness (QED) is 0.651. The molecule has 0 spiro atoms. The first kappa shape index (κ1) is 12.0. The molecule has 1 fully saturated rings. The lowest BCUT2D eigenvalue weighted by Gasteiger charge is -2.31. The Morgan fingerprint density at radius 3 is 3.07 bits per heavy atom. The molecule has 5 nitrogen and oxygen atoms in total. The van der Waals surface area contributed by atoms with Crippen molar-refractivity contribution in [2.45, 2.75) is 25.8 Å². The zero-order valence-electron chi connectivity index (χ0n) is 9.38.